The van der Waals surface area contributed by atoms with Crippen LogP contribution in [-0.4, -0.2) is 0 Å². The third-order valence-corrected chi connectivity index (χ3v) is 15.5. The second-order valence-electron chi connectivity index (χ2n) is 18.4. The molecule has 286 valence electrons. The van der Waals surface area contributed by atoms with Gasteiger partial charge in [-0.25, -0.2) is 0 Å². The zero-order valence-corrected chi connectivity index (χ0v) is 33.8. The molecule has 0 unspecified atom stereocenters. The summed E-state index contributed by atoms with van der Waals surface area (Å²) in [5.41, 5.74) is 19.1. The summed E-state index contributed by atoms with van der Waals surface area (Å²) in [6.07, 6.45) is 6.95. The Balaban J connectivity index is 1.05. The first-order chi connectivity index (χ1) is 29.7. The Kier molecular flexibility index (Phi) is 7.59. The first-order valence-corrected chi connectivity index (χ1v) is 22.3. The summed E-state index contributed by atoms with van der Waals surface area (Å²) in [4.78, 5) is 0. The molecule has 60 heavy (non-hydrogen) atoms. The zero-order chi connectivity index (χ0) is 39.4. The standard InChI is InChI=1S/C60H46/c1-4-14-40(15-5-1)43-25-29-54(55(35-43)42-18-8-3-9-19-42)59-52-22-12-10-20-50(52)58(51-21-11-13-23-53(51)59)45-26-28-49-48-27-24-44(41-16-6-2-7-17-41)36-56(48)60(57(49)37-45)46-31-38-30-39(33-46)34-47(60)32-38/h1-29,35-39,46-47H,30-34H2. The smallest absolute Gasteiger partial charge is 0.0272 e. The van der Waals surface area contributed by atoms with Gasteiger partial charge in [0.15, 0.2) is 0 Å². The van der Waals surface area contributed by atoms with E-state index in [1.54, 1.807) is 11.1 Å². The van der Waals surface area contributed by atoms with Crippen molar-refractivity contribution in [2.75, 3.05) is 0 Å². The van der Waals surface area contributed by atoms with Crippen molar-refractivity contribution in [2.24, 2.45) is 23.7 Å². The molecule has 4 fully saturated rings. The topological polar surface area (TPSA) is 0 Å². The van der Waals surface area contributed by atoms with Crippen molar-refractivity contribution in [2.45, 2.75) is 37.5 Å². The van der Waals surface area contributed by atoms with Gasteiger partial charge in [0.25, 0.3) is 0 Å². The maximum Gasteiger partial charge on any atom is 0.0272 e. The van der Waals surface area contributed by atoms with Crippen LogP contribution in [-0.2, 0) is 5.41 Å². The third kappa shape index (κ3) is 4.97. The molecule has 0 amide bonds. The molecule has 0 aliphatic heterocycles. The van der Waals surface area contributed by atoms with Gasteiger partial charge in [-0.2, -0.15) is 0 Å². The lowest BCUT2D eigenvalue weighted by Crippen LogP contribution is -2.55. The molecule has 0 heteroatoms. The highest BCUT2D eigenvalue weighted by atomic mass is 14.6. The van der Waals surface area contributed by atoms with E-state index in [4.69, 9.17) is 0 Å². The summed E-state index contributed by atoms with van der Waals surface area (Å²) < 4.78 is 0. The van der Waals surface area contributed by atoms with E-state index in [0.717, 1.165) is 11.8 Å². The summed E-state index contributed by atoms with van der Waals surface area (Å²) in [6.45, 7) is 0. The highest BCUT2D eigenvalue weighted by molar-refractivity contribution is 6.22. The lowest BCUT2D eigenvalue weighted by molar-refractivity contribution is -0.0399. The second kappa shape index (κ2) is 13.3. The van der Waals surface area contributed by atoms with Crippen molar-refractivity contribution in [1.29, 1.82) is 0 Å². The minimum Gasteiger partial charge on any atom is -0.0622 e. The van der Waals surface area contributed by atoms with Gasteiger partial charge < -0.3 is 0 Å². The molecule has 9 aromatic rings. The van der Waals surface area contributed by atoms with Crippen molar-refractivity contribution in [3.05, 3.63) is 205 Å². The van der Waals surface area contributed by atoms with Gasteiger partial charge in [-0.3, -0.25) is 0 Å². The SMILES string of the molecule is c1ccc(-c2ccc(-c3c4ccccc4c(-c4ccc5c(c4)C4(c6cc(-c7ccccc7)ccc6-5)C5CC6CC(C5)CC4C6)c4ccccc34)c(-c3ccccc3)c2)cc1. The molecule has 9 aromatic carbocycles. The fraction of sp³-hybridized carbons (Fsp3) is 0.167. The normalized spacial score (nSPS) is 22.1. The molecule has 0 radical (unpaired) electrons. The minimum atomic E-state index is 0.0650. The van der Waals surface area contributed by atoms with Crippen molar-refractivity contribution in [3.63, 3.8) is 0 Å². The lowest BCUT2D eigenvalue weighted by atomic mass is 9.43. The molecule has 4 bridgehead atoms. The van der Waals surface area contributed by atoms with Crippen LogP contribution in [0.4, 0.5) is 0 Å². The van der Waals surface area contributed by atoms with Crippen molar-refractivity contribution >= 4 is 21.5 Å². The van der Waals surface area contributed by atoms with Crippen LogP contribution in [0.15, 0.2) is 194 Å². The average Bonchev–Trinajstić information content (AvgIpc) is 3.59. The first kappa shape index (κ1) is 34.4. The lowest BCUT2D eigenvalue weighted by Gasteiger charge is -2.61. The molecular formula is C60H46. The molecule has 0 atom stereocenters. The van der Waals surface area contributed by atoms with E-state index >= 15 is 0 Å². The molecule has 0 saturated heterocycles. The van der Waals surface area contributed by atoms with Crippen LogP contribution >= 0.6 is 0 Å². The predicted octanol–water partition coefficient (Wildman–Crippen LogP) is 16.1. The molecule has 5 aliphatic rings. The number of fused-ring (bicyclic) bond motifs is 5. The number of hydrogen-bond acceptors (Lipinski definition) is 0. The van der Waals surface area contributed by atoms with Crippen LogP contribution in [0, 0.1) is 23.7 Å². The number of rotatable bonds is 5. The fourth-order valence-corrected chi connectivity index (χ4v) is 13.3. The van der Waals surface area contributed by atoms with Crippen LogP contribution in [0.1, 0.15) is 43.2 Å². The second-order valence-corrected chi connectivity index (χ2v) is 18.4. The predicted molar refractivity (Wildman–Crippen MR) is 252 cm³/mol. The molecule has 0 aromatic heterocycles. The Morgan fingerprint density at radius 3 is 1.20 bits per heavy atom. The van der Waals surface area contributed by atoms with Gasteiger partial charge in [0.1, 0.15) is 0 Å². The summed E-state index contributed by atoms with van der Waals surface area (Å²) in [5, 5.41) is 5.24. The summed E-state index contributed by atoms with van der Waals surface area (Å²) in [5.74, 6) is 3.19. The largest absolute Gasteiger partial charge is 0.0622 e. The van der Waals surface area contributed by atoms with E-state index in [2.05, 4.69) is 194 Å². The quantitative estimate of drug-likeness (QED) is 0.153. The van der Waals surface area contributed by atoms with Crippen molar-refractivity contribution < 1.29 is 0 Å². The molecule has 0 nitrogen and oxygen atoms in total. The Morgan fingerprint density at radius 1 is 0.283 bits per heavy atom. The highest BCUT2D eigenvalue weighted by Gasteiger charge is 2.61. The molecule has 14 rings (SSSR count). The van der Waals surface area contributed by atoms with Gasteiger partial charge in [0.2, 0.25) is 0 Å². The van der Waals surface area contributed by atoms with Gasteiger partial charge in [0.05, 0.1) is 0 Å². The number of hydrogen-bond donors (Lipinski definition) is 0. The third-order valence-electron chi connectivity index (χ3n) is 15.5. The molecule has 0 heterocycles. The Morgan fingerprint density at radius 2 is 0.683 bits per heavy atom. The fourth-order valence-electron chi connectivity index (χ4n) is 13.3. The minimum absolute atomic E-state index is 0.0650. The van der Waals surface area contributed by atoms with E-state index in [0.29, 0.717) is 11.8 Å². The van der Waals surface area contributed by atoms with Crippen LogP contribution in [0.5, 0.6) is 0 Å². The van der Waals surface area contributed by atoms with E-state index in [-0.39, 0.29) is 5.41 Å². The summed E-state index contributed by atoms with van der Waals surface area (Å²) in [7, 11) is 0. The monoisotopic (exact) mass is 766 g/mol. The molecule has 5 aliphatic carbocycles. The summed E-state index contributed by atoms with van der Waals surface area (Å²) in [6, 6.07) is 73.6. The molecule has 4 saturated carbocycles. The Hall–Kier alpha value is -6.50. The first-order valence-electron chi connectivity index (χ1n) is 22.3. The van der Waals surface area contributed by atoms with Gasteiger partial charge in [-0.05, 0) is 173 Å². The average molecular weight is 767 g/mol. The van der Waals surface area contributed by atoms with E-state index in [9.17, 15) is 0 Å². The maximum atomic E-state index is 2.69. The van der Waals surface area contributed by atoms with Crippen molar-refractivity contribution in [3.8, 4) is 66.8 Å². The molecule has 0 N–H and O–H groups in total. The van der Waals surface area contributed by atoms with Crippen LogP contribution in [0.2, 0.25) is 0 Å². The Bertz CT molecular complexity index is 3050. The maximum absolute atomic E-state index is 2.69. The van der Waals surface area contributed by atoms with E-state index in [1.807, 2.05) is 0 Å². The summed E-state index contributed by atoms with van der Waals surface area (Å²) >= 11 is 0. The zero-order valence-electron chi connectivity index (χ0n) is 33.8. The van der Waals surface area contributed by atoms with Gasteiger partial charge in [0, 0.05) is 5.41 Å². The van der Waals surface area contributed by atoms with E-state index in [1.165, 1.54) is 120 Å². The van der Waals surface area contributed by atoms with Crippen LogP contribution in [0.3, 0.4) is 0 Å². The van der Waals surface area contributed by atoms with Crippen LogP contribution < -0.4 is 0 Å². The van der Waals surface area contributed by atoms with Crippen molar-refractivity contribution in [1.82, 2.24) is 0 Å². The van der Waals surface area contributed by atoms with Gasteiger partial charge in [-0.15, -0.1) is 0 Å². The number of benzene rings is 9. The van der Waals surface area contributed by atoms with Crippen LogP contribution in [0.25, 0.3) is 88.3 Å². The van der Waals surface area contributed by atoms with Gasteiger partial charge >= 0.3 is 0 Å². The molecule has 1 spiro atoms. The van der Waals surface area contributed by atoms with Gasteiger partial charge in [-0.1, -0.05) is 176 Å². The molecular weight excluding hydrogens is 721 g/mol. The Labute approximate surface area is 353 Å². The van der Waals surface area contributed by atoms with E-state index < -0.39 is 0 Å². The highest BCUT2D eigenvalue weighted by Crippen LogP contribution is 2.70.